The summed E-state index contributed by atoms with van der Waals surface area (Å²) in [5.74, 6) is 2.57. The van der Waals surface area contributed by atoms with Gasteiger partial charge in [-0.15, -0.1) is 17.5 Å². The number of aromatic nitrogens is 4. The lowest BCUT2D eigenvalue weighted by atomic mass is 10.0. The normalized spacial score (nSPS) is 19.3. The van der Waals surface area contributed by atoms with E-state index in [0.717, 1.165) is 68.5 Å². The first kappa shape index (κ1) is 25.2. The number of nitrogens with zero attached hydrogens (tertiary/aromatic N) is 6. The smallest absolute Gasteiger partial charge is 0.173 e. The monoisotopic (exact) mass is 500 g/mol. The molecule has 0 aliphatic carbocycles. The Morgan fingerprint density at radius 2 is 1.60 bits per heavy atom. The highest BCUT2D eigenvalue weighted by Crippen LogP contribution is 2.31. The zero-order chi connectivity index (χ0) is 23.3. The van der Waals surface area contributed by atoms with Gasteiger partial charge in [-0.25, -0.2) is 4.68 Å². The number of halogens is 1. The molecule has 5 rings (SSSR count). The lowest BCUT2D eigenvalue weighted by Gasteiger charge is -2.40. The van der Waals surface area contributed by atoms with E-state index in [2.05, 4.69) is 49.6 Å². The fraction of sp³-hybridized carbons (Fsp3) is 0.480. The molecule has 35 heavy (non-hydrogen) atoms. The van der Waals surface area contributed by atoms with Crippen LogP contribution in [-0.4, -0.2) is 78.2 Å². The summed E-state index contributed by atoms with van der Waals surface area (Å²) in [5, 5.41) is 12.9. The number of rotatable bonds is 8. The zero-order valence-corrected chi connectivity index (χ0v) is 21.1. The van der Waals surface area contributed by atoms with Crippen LogP contribution < -0.4 is 14.4 Å². The molecule has 0 saturated carbocycles. The van der Waals surface area contributed by atoms with Crippen molar-refractivity contribution in [2.75, 3.05) is 51.9 Å². The number of anilines is 1. The van der Waals surface area contributed by atoms with Crippen molar-refractivity contribution >= 4 is 18.1 Å². The van der Waals surface area contributed by atoms with Gasteiger partial charge in [-0.3, -0.25) is 4.90 Å². The summed E-state index contributed by atoms with van der Waals surface area (Å²) in [6.07, 6.45) is 2.32. The maximum absolute atomic E-state index is 5.86. The number of piperazine rings is 1. The highest BCUT2D eigenvalue weighted by Gasteiger charge is 2.31. The molecule has 2 saturated heterocycles. The third-order valence-electron chi connectivity index (χ3n) is 6.75. The molecule has 9 nitrogen and oxygen atoms in total. The molecule has 188 valence electrons. The molecule has 0 amide bonds. The van der Waals surface area contributed by atoms with Gasteiger partial charge in [0.15, 0.2) is 5.82 Å². The van der Waals surface area contributed by atoms with Gasteiger partial charge in [-0.1, -0.05) is 12.1 Å². The van der Waals surface area contributed by atoms with E-state index < -0.39 is 0 Å². The molecule has 2 fully saturated rings. The summed E-state index contributed by atoms with van der Waals surface area (Å²) in [4.78, 5) is 4.88. The van der Waals surface area contributed by atoms with E-state index in [9.17, 15) is 0 Å². The van der Waals surface area contributed by atoms with Crippen LogP contribution in [0, 0.1) is 0 Å². The minimum Gasteiger partial charge on any atom is -0.497 e. The first-order valence-electron chi connectivity index (χ1n) is 11.9. The Bertz CT molecular complexity index is 1050. The Kier molecular flexibility index (Phi) is 8.43. The van der Waals surface area contributed by atoms with E-state index in [1.807, 2.05) is 28.9 Å². The van der Waals surface area contributed by atoms with Crippen LogP contribution in [0.2, 0.25) is 0 Å². The van der Waals surface area contributed by atoms with Gasteiger partial charge in [-0.2, -0.15) is 0 Å². The average molecular weight is 501 g/mol. The summed E-state index contributed by atoms with van der Waals surface area (Å²) >= 11 is 0. The number of hydrogen-bond acceptors (Lipinski definition) is 8. The van der Waals surface area contributed by atoms with Crippen LogP contribution in [0.4, 0.5) is 5.69 Å². The van der Waals surface area contributed by atoms with Crippen molar-refractivity contribution in [3.05, 3.63) is 59.9 Å². The molecule has 3 heterocycles. The maximum Gasteiger partial charge on any atom is 0.173 e. The van der Waals surface area contributed by atoms with Crippen LogP contribution in [-0.2, 0) is 11.3 Å². The Morgan fingerprint density at radius 1 is 0.943 bits per heavy atom. The third kappa shape index (κ3) is 5.69. The molecule has 0 bridgehead atoms. The summed E-state index contributed by atoms with van der Waals surface area (Å²) in [6, 6.07) is 16.5. The summed E-state index contributed by atoms with van der Waals surface area (Å²) in [5.41, 5.74) is 2.37. The van der Waals surface area contributed by atoms with Crippen LogP contribution in [0.1, 0.15) is 30.3 Å². The summed E-state index contributed by atoms with van der Waals surface area (Å²) in [6.45, 7) is 5.14. The van der Waals surface area contributed by atoms with Gasteiger partial charge in [0.1, 0.15) is 11.5 Å². The van der Waals surface area contributed by atoms with E-state index >= 15 is 0 Å². The van der Waals surface area contributed by atoms with E-state index in [-0.39, 0.29) is 24.6 Å². The van der Waals surface area contributed by atoms with Crippen LogP contribution in [0.15, 0.2) is 48.5 Å². The first-order chi connectivity index (χ1) is 16.7. The second kappa shape index (κ2) is 11.7. The highest BCUT2D eigenvalue weighted by atomic mass is 35.5. The minimum atomic E-state index is -0.0414. The Morgan fingerprint density at radius 3 is 2.20 bits per heavy atom. The van der Waals surface area contributed by atoms with Crippen LogP contribution in [0.5, 0.6) is 11.5 Å². The number of tetrazole rings is 1. The van der Waals surface area contributed by atoms with Gasteiger partial charge in [0.05, 0.1) is 32.9 Å². The van der Waals surface area contributed by atoms with E-state index in [1.54, 1.807) is 14.2 Å². The predicted molar refractivity (Wildman–Crippen MR) is 136 cm³/mol. The van der Waals surface area contributed by atoms with Crippen LogP contribution in [0.25, 0.3) is 0 Å². The standard InChI is InChI=1S/C25H32N6O3.ClH/c1-32-21-9-5-19(6-10-21)24(25-26-27-28-31(25)18-23-4-3-17-34-23)30-15-13-29(14-16-30)20-7-11-22(33-2)12-8-20;/h5-12,23-24H,3-4,13-18H2,1-2H3;1H. The largest absolute Gasteiger partial charge is 0.497 e. The maximum atomic E-state index is 5.86. The number of methoxy groups -OCH3 is 2. The van der Waals surface area contributed by atoms with Gasteiger partial charge < -0.3 is 19.1 Å². The Hall–Kier alpha value is -2.88. The molecule has 2 atom stereocenters. The van der Waals surface area contributed by atoms with Crippen molar-refractivity contribution in [1.82, 2.24) is 25.1 Å². The SMILES string of the molecule is COc1ccc(C(c2nnnn2CC2CCCO2)N2CCN(c3ccc(OC)cc3)CC2)cc1.Cl. The molecule has 2 aliphatic heterocycles. The average Bonchev–Trinajstić information content (AvgIpc) is 3.58. The minimum absolute atomic E-state index is 0. The van der Waals surface area contributed by atoms with Crippen molar-refractivity contribution in [1.29, 1.82) is 0 Å². The Labute approximate surface area is 212 Å². The fourth-order valence-corrected chi connectivity index (χ4v) is 4.86. The van der Waals surface area contributed by atoms with Gasteiger partial charge in [0.2, 0.25) is 0 Å². The van der Waals surface area contributed by atoms with E-state index in [4.69, 9.17) is 14.2 Å². The lowest BCUT2D eigenvalue weighted by molar-refractivity contribution is 0.0906. The van der Waals surface area contributed by atoms with Gasteiger partial charge in [0, 0.05) is 38.5 Å². The third-order valence-corrected chi connectivity index (χ3v) is 6.75. The van der Waals surface area contributed by atoms with Crippen LogP contribution in [0.3, 0.4) is 0 Å². The molecular formula is C25H33ClN6O3. The molecule has 10 heteroatoms. The number of ether oxygens (including phenoxy) is 3. The second-order valence-electron chi connectivity index (χ2n) is 8.75. The quantitative estimate of drug-likeness (QED) is 0.466. The summed E-state index contributed by atoms with van der Waals surface area (Å²) in [7, 11) is 3.38. The topological polar surface area (TPSA) is 77.8 Å². The van der Waals surface area contributed by atoms with Gasteiger partial charge >= 0.3 is 0 Å². The molecule has 2 aliphatic rings. The lowest BCUT2D eigenvalue weighted by Crippen LogP contribution is -2.48. The molecule has 0 radical (unpaired) electrons. The molecular weight excluding hydrogens is 468 g/mol. The molecule has 0 N–H and O–H groups in total. The fourth-order valence-electron chi connectivity index (χ4n) is 4.86. The predicted octanol–water partition coefficient (Wildman–Crippen LogP) is 3.20. The molecule has 1 aromatic heterocycles. The molecule has 2 aromatic carbocycles. The highest BCUT2D eigenvalue weighted by molar-refractivity contribution is 5.85. The van der Waals surface area contributed by atoms with E-state index in [0.29, 0.717) is 6.54 Å². The summed E-state index contributed by atoms with van der Waals surface area (Å²) < 4.78 is 18.5. The number of benzene rings is 2. The van der Waals surface area contributed by atoms with Gasteiger partial charge in [0.25, 0.3) is 0 Å². The van der Waals surface area contributed by atoms with Crippen molar-refractivity contribution in [3.8, 4) is 11.5 Å². The first-order valence-corrected chi connectivity index (χ1v) is 11.9. The van der Waals surface area contributed by atoms with E-state index in [1.165, 1.54) is 5.69 Å². The number of hydrogen-bond donors (Lipinski definition) is 0. The molecule has 0 spiro atoms. The van der Waals surface area contributed by atoms with Crippen molar-refractivity contribution in [2.45, 2.75) is 31.5 Å². The molecule has 2 unspecified atom stereocenters. The Balaban J connectivity index is 0.00000289. The van der Waals surface area contributed by atoms with Crippen molar-refractivity contribution in [2.24, 2.45) is 0 Å². The van der Waals surface area contributed by atoms with Crippen LogP contribution >= 0.6 is 12.4 Å². The second-order valence-corrected chi connectivity index (χ2v) is 8.75. The van der Waals surface area contributed by atoms with Crippen molar-refractivity contribution < 1.29 is 14.2 Å². The zero-order valence-electron chi connectivity index (χ0n) is 20.2. The van der Waals surface area contributed by atoms with Crippen molar-refractivity contribution in [3.63, 3.8) is 0 Å². The van der Waals surface area contributed by atoms with Gasteiger partial charge in [-0.05, 0) is 65.2 Å². The molecule has 3 aromatic rings.